The molecule has 2 aromatic carbocycles. The Hall–Kier alpha value is -3.35. The van der Waals surface area contributed by atoms with Crippen LogP contribution in [0, 0.1) is 0 Å². The third-order valence-corrected chi connectivity index (χ3v) is 3.24. The van der Waals surface area contributed by atoms with E-state index >= 15 is 0 Å². The van der Waals surface area contributed by atoms with Gasteiger partial charge in [0.2, 0.25) is 11.8 Å². The van der Waals surface area contributed by atoms with Gasteiger partial charge in [-0.3, -0.25) is 9.59 Å². The molecule has 2 amide bonds. The van der Waals surface area contributed by atoms with E-state index in [0.29, 0.717) is 22.7 Å². The lowest BCUT2D eigenvalue weighted by Gasteiger charge is -2.08. The van der Waals surface area contributed by atoms with Crippen molar-refractivity contribution in [3.63, 3.8) is 0 Å². The van der Waals surface area contributed by atoms with Crippen LogP contribution in [0.4, 0.5) is 11.4 Å². The molecular weight excluding hydrogens is 324 g/mol. The monoisotopic (exact) mass is 342 g/mol. The van der Waals surface area contributed by atoms with Crippen molar-refractivity contribution in [1.29, 1.82) is 0 Å². The lowest BCUT2D eigenvalue weighted by molar-refractivity contribution is -0.123. The Morgan fingerprint density at radius 1 is 0.880 bits per heavy atom. The highest BCUT2D eigenvalue weighted by atomic mass is 16.5. The molecule has 0 unspecified atom stereocenters. The van der Waals surface area contributed by atoms with Crippen LogP contribution in [0.15, 0.2) is 48.5 Å². The molecule has 0 spiro atoms. The molecule has 0 saturated heterocycles. The zero-order valence-corrected chi connectivity index (χ0v) is 13.9. The largest absolute Gasteiger partial charge is 0.497 e. The summed E-state index contributed by atoms with van der Waals surface area (Å²) in [5, 5.41) is 5.19. The molecule has 0 heterocycles. The summed E-state index contributed by atoms with van der Waals surface area (Å²) in [4.78, 5) is 35.4. The Morgan fingerprint density at radius 2 is 1.48 bits per heavy atom. The predicted octanol–water partition coefficient (Wildman–Crippen LogP) is 2.45. The first-order valence-corrected chi connectivity index (χ1v) is 7.44. The molecule has 0 atom stereocenters. The van der Waals surface area contributed by atoms with Crippen molar-refractivity contribution in [2.75, 3.05) is 24.9 Å². The van der Waals surface area contributed by atoms with Gasteiger partial charge in [-0.25, -0.2) is 4.79 Å². The number of carbonyl (C=O) groups is 3. The SMILES string of the molecule is COC(=O)c1cccc(NC(=O)CC(=O)Nc2cccc(OC)c2)c1. The second kappa shape index (κ2) is 8.49. The van der Waals surface area contributed by atoms with Crippen molar-refractivity contribution < 1.29 is 23.9 Å². The van der Waals surface area contributed by atoms with Crippen molar-refractivity contribution in [2.24, 2.45) is 0 Å². The summed E-state index contributed by atoms with van der Waals surface area (Å²) in [6.45, 7) is 0. The van der Waals surface area contributed by atoms with E-state index in [1.807, 2.05) is 0 Å². The van der Waals surface area contributed by atoms with Crippen LogP contribution in [0.1, 0.15) is 16.8 Å². The Balaban J connectivity index is 1.93. The molecule has 2 aromatic rings. The molecule has 0 aromatic heterocycles. The molecule has 2 N–H and O–H groups in total. The summed E-state index contributed by atoms with van der Waals surface area (Å²) < 4.78 is 9.69. The summed E-state index contributed by atoms with van der Waals surface area (Å²) >= 11 is 0. The fourth-order valence-corrected chi connectivity index (χ4v) is 2.10. The number of carbonyl (C=O) groups excluding carboxylic acids is 3. The van der Waals surface area contributed by atoms with E-state index in [4.69, 9.17) is 4.74 Å². The zero-order chi connectivity index (χ0) is 18.2. The number of rotatable bonds is 6. The summed E-state index contributed by atoms with van der Waals surface area (Å²) in [5.41, 5.74) is 1.24. The molecule has 0 saturated carbocycles. The first kappa shape index (κ1) is 18.0. The van der Waals surface area contributed by atoms with Crippen LogP contribution in [-0.2, 0) is 14.3 Å². The van der Waals surface area contributed by atoms with Crippen molar-refractivity contribution in [1.82, 2.24) is 0 Å². The second-order valence-electron chi connectivity index (χ2n) is 5.08. The summed E-state index contributed by atoms with van der Waals surface area (Å²) in [7, 11) is 2.80. The van der Waals surface area contributed by atoms with E-state index < -0.39 is 17.8 Å². The molecule has 0 bridgehead atoms. The standard InChI is InChI=1S/C18H18N2O5/c1-24-15-8-4-7-14(10-15)20-17(22)11-16(21)19-13-6-3-5-12(9-13)18(23)25-2/h3-10H,11H2,1-2H3,(H,19,21)(H,20,22). The molecule has 25 heavy (non-hydrogen) atoms. The van der Waals surface area contributed by atoms with Crippen molar-refractivity contribution in [2.45, 2.75) is 6.42 Å². The van der Waals surface area contributed by atoms with Crippen LogP contribution in [0.2, 0.25) is 0 Å². The Labute approximate surface area is 144 Å². The van der Waals surface area contributed by atoms with Crippen molar-refractivity contribution >= 4 is 29.2 Å². The number of ether oxygens (including phenoxy) is 2. The minimum absolute atomic E-state index is 0.307. The second-order valence-corrected chi connectivity index (χ2v) is 5.08. The highest BCUT2D eigenvalue weighted by molar-refractivity contribution is 6.08. The molecular formula is C18H18N2O5. The highest BCUT2D eigenvalue weighted by Gasteiger charge is 2.12. The maximum atomic E-state index is 12.0. The number of esters is 1. The van der Waals surface area contributed by atoms with E-state index in [2.05, 4.69) is 15.4 Å². The van der Waals surface area contributed by atoms with Gasteiger partial charge in [0.25, 0.3) is 0 Å². The fraction of sp³-hybridized carbons (Fsp3) is 0.167. The Bertz CT molecular complexity index is 789. The number of amides is 2. The summed E-state index contributed by atoms with van der Waals surface area (Å²) in [6, 6.07) is 13.1. The molecule has 0 aliphatic heterocycles. The van der Waals surface area contributed by atoms with Gasteiger partial charge in [0.1, 0.15) is 12.2 Å². The average Bonchev–Trinajstić information content (AvgIpc) is 2.61. The van der Waals surface area contributed by atoms with Gasteiger partial charge in [0.05, 0.1) is 19.8 Å². The first-order valence-electron chi connectivity index (χ1n) is 7.44. The minimum atomic E-state index is -0.508. The maximum Gasteiger partial charge on any atom is 0.337 e. The molecule has 0 radical (unpaired) electrons. The van der Waals surface area contributed by atoms with Crippen LogP contribution in [0.5, 0.6) is 5.75 Å². The van der Waals surface area contributed by atoms with E-state index in [1.165, 1.54) is 20.3 Å². The smallest absolute Gasteiger partial charge is 0.337 e. The van der Waals surface area contributed by atoms with Gasteiger partial charge in [-0.05, 0) is 30.3 Å². The molecule has 0 fully saturated rings. The van der Waals surface area contributed by atoms with Gasteiger partial charge in [0.15, 0.2) is 0 Å². The number of benzene rings is 2. The number of methoxy groups -OCH3 is 2. The highest BCUT2D eigenvalue weighted by Crippen LogP contribution is 2.17. The molecule has 2 rings (SSSR count). The zero-order valence-electron chi connectivity index (χ0n) is 13.9. The maximum absolute atomic E-state index is 12.0. The third-order valence-electron chi connectivity index (χ3n) is 3.24. The van der Waals surface area contributed by atoms with Gasteiger partial charge in [0, 0.05) is 17.4 Å². The summed E-state index contributed by atoms with van der Waals surface area (Å²) in [5.74, 6) is -0.869. The topological polar surface area (TPSA) is 93.7 Å². The third kappa shape index (κ3) is 5.35. The van der Waals surface area contributed by atoms with Crippen molar-refractivity contribution in [3.8, 4) is 5.75 Å². The molecule has 7 heteroatoms. The van der Waals surface area contributed by atoms with Gasteiger partial charge in [-0.1, -0.05) is 12.1 Å². The Morgan fingerprint density at radius 3 is 2.08 bits per heavy atom. The van der Waals surface area contributed by atoms with Crippen LogP contribution >= 0.6 is 0 Å². The summed E-state index contributed by atoms with van der Waals surface area (Å²) in [6.07, 6.45) is -0.361. The van der Waals surface area contributed by atoms with E-state index in [-0.39, 0.29) is 6.42 Å². The van der Waals surface area contributed by atoms with Crippen LogP contribution < -0.4 is 15.4 Å². The lowest BCUT2D eigenvalue weighted by Crippen LogP contribution is -2.21. The number of anilines is 2. The van der Waals surface area contributed by atoms with Gasteiger partial charge in [-0.15, -0.1) is 0 Å². The number of nitrogens with one attached hydrogen (secondary N) is 2. The van der Waals surface area contributed by atoms with E-state index in [9.17, 15) is 14.4 Å². The predicted molar refractivity (Wildman–Crippen MR) is 92.7 cm³/mol. The number of hydrogen-bond donors (Lipinski definition) is 2. The minimum Gasteiger partial charge on any atom is -0.497 e. The quantitative estimate of drug-likeness (QED) is 0.621. The first-order chi connectivity index (χ1) is 12.0. The van der Waals surface area contributed by atoms with Gasteiger partial charge >= 0.3 is 5.97 Å². The lowest BCUT2D eigenvalue weighted by atomic mass is 10.2. The molecule has 130 valence electrons. The normalized spacial score (nSPS) is 9.84. The number of hydrogen-bond acceptors (Lipinski definition) is 5. The van der Waals surface area contributed by atoms with Gasteiger partial charge in [-0.2, -0.15) is 0 Å². The van der Waals surface area contributed by atoms with Crippen LogP contribution in [-0.4, -0.2) is 32.0 Å². The average molecular weight is 342 g/mol. The van der Waals surface area contributed by atoms with E-state index in [0.717, 1.165) is 0 Å². The van der Waals surface area contributed by atoms with Gasteiger partial charge < -0.3 is 20.1 Å². The fourth-order valence-electron chi connectivity index (χ4n) is 2.10. The van der Waals surface area contributed by atoms with Crippen molar-refractivity contribution in [3.05, 3.63) is 54.1 Å². The van der Waals surface area contributed by atoms with Crippen LogP contribution in [0.25, 0.3) is 0 Å². The van der Waals surface area contributed by atoms with E-state index in [1.54, 1.807) is 42.5 Å². The molecule has 0 aliphatic rings. The Kier molecular flexibility index (Phi) is 6.11. The molecule has 0 aliphatic carbocycles. The molecule has 7 nitrogen and oxygen atoms in total. The van der Waals surface area contributed by atoms with Crippen LogP contribution in [0.3, 0.4) is 0 Å².